The third-order valence-corrected chi connectivity index (χ3v) is 6.97. The Labute approximate surface area is 197 Å². The van der Waals surface area contributed by atoms with Crippen LogP contribution in [0.2, 0.25) is 0 Å². The van der Waals surface area contributed by atoms with E-state index in [4.69, 9.17) is 4.74 Å². The van der Waals surface area contributed by atoms with E-state index in [1.165, 1.54) is 24.5 Å². The summed E-state index contributed by atoms with van der Waals surface area (Å²) in [5, 5.41) is 8.39. The van der Waals surface area contributed by atoms with E-state index in [1.807, 2.05) is 11.4 Å². The number of piperidine rings is 2. The molecular weight excluding hydrogens is 445 g/mol. The van der Waals surface area contributed by atoms with Gasteiger partial charge in [0.2, 0.25) is 5.91 Å². The molecule has 4 rings (SSSR count). The minimum absolute atomic E-state index is 0.0780. The van der Waals surface area contributed by atoms with Crippen LogP contribution in [-0.4, -0.2) is 66.1 Å². The zero-order valence-electron chi connectivity index (χ0n) is 18.8. The van der Waals surface area contributed by atoms with Gasteiger partial charge in [-0.2, -0.15) is 0 Å². The average molecular weight is 476 g/mol. The highest BCUT2D eigenvalue weighted by Gasteiger charge is 2.30. The molecule has 1 atom stereocenters. The Hall–Kier alpha value is -2.72. The predicted octanol–water partition coefficient (Wildman–Crippen LogP) is 3.32. The van der Waals surface area contributed by atoms with Crippen LogP contribution in [0.4, 0.5) is 14.3 Å². The first kappa shape index (κ1) is 23.4. The third-order valence-electron chi connectivity index (χ3n) is 6.28. The molecule has 2 aliphatic heterocycles. The summed E-state index contributed by atoms with van der Waals surface area (Å²) in [5.41, 5.74) is 0.908. The van der Waals surface area contributed by atoms with E-state index < -0.39 is 0 Å². The molecule has 33 heavy (non-hydrogen) atoms. The molecule has 1 aromatic heterocycles. The molecule has 1 aromatic carbocycles. The van der Waals surface area contributed by atoms with E-state index in [0.29, 0.717) is 24.8 Å². The lowest BCUT2D eigenvalue weighted by molar-refractivity contribution is -0.121. The maximum Gasteiger partial charge on any atom is 0.317 e. The SMILES string of the molecule is COc1ccc(CN2CCC(NC(=O)N3CCCC(C(=O)Nc4nccs4)C3)CC2)cc1F. The number of hydrogen-bond donors (Lipinski definition) is 2. The largest absolute Gasteiger partial charge is 0.494 e. The number of halogens is 1. The first-order valence-corrected chi connectivity index (χ1v) is 12.2. The summed E-state index contributed by atoms with van der Waals surface area (Å²) in [5.74, 6) is -0.399. The Bertz CT molecular complexity index is 950. The number of likely N-dealkylation sites (tertiary alicyclic amines) is 2. The lowest BCUT2D eigenvalue weighted by atomic mass is 9.97. The van der Waals surface area contributed by atoms with E-state index >= 15 is 0 Å². The average Bonchev–Trinajstić information content (AvgIpc) is 3.33. The summed E-state index contributed by atoms with van der Waals surface area (Å²) in [6.07, 6.45) is 4.91. The van der Waals surface area contributed by atoms with Gasteiger partial charge in [0, 0.05) is 50.3 Å². The summed E-state index contributed by atoms with van der Waals surface area (Å²) < 4.78 is 18.9. The predicted molar refractivity (Wildman–Crippen MR) is 125 cm³/mol. The molecule has 2 fully saturated rings. The van der Waals surface area contributed by atoms with Crippen LogP contribution in [0.1, 0.15) is 31.2 Å². The number of urea groups is 1. The van der Waals surface area contributed by atoms with E-state index in [0.717, 1.165) is 44.3 Å². The third kappa shape index (κ3) is 6.20. The van der Waals surface area contributed by atoms with Gasteiger partial charge in [-0.05, 0) is 43.4 Å². The van der Waals surface area contributed by atoms with Crippen molar-refractivity contribution in [1.29, 1.82) is 0 Å². The Morgan fingerprint density at radius 2 is 2.06 bits per heavy atom. The van der Waals surface area contributed by atoms with Gasteiger partial charge in [-0.1, -0.05) is 6.07 Å². The number of aromatic nitrogens is 1. The number of benzene rings is 1. The second-order valence-electron chi connectivity index (χ2n) is 8.58. The molecule has 2 N–H and O–H groups in total. The van der Waals surface area contributed by atoms with E-state index in [2.05, 4.69) is 20.5 Å². The molecule has 0 radical (unpaired) electrons. The van der Waals surface area contributed by atoms with Crippen LogP contribution >= 0.6 is 11.3 Å². The van der Waals surface area contributed by atoms with Gasteiger partial charge in [0.05, 0.1) is 13.0 Å². The lowest BCUT2D eigenvalue weighted by Gasteiger charge is -2.36. The fourth-order valence-electron chi connectivity index (χ4n) is 4.44. The van der Waals surface area contributed by atoms with Crippen molar-refractivity contribution in [3.05, 3.63) is 41.2 Å². The van der Waals surface area contributed by atoms with Crippen LogP contribution in [0, 0.1) is 11.7 Å². The number of anilines is 1. The molecule has 0 bridgehead atoms. The van der Waals surface area contributed by atoms with Crippen LogP contribution in [0.15, 0.2) is 29.8 Å². The maximum atomic E-state index is 13.9. The Kier molecular flexibility index (Phi) is 7.77. The number of amides is 3. The highest BCUT2D eigenvalue weighted by atomic mass is 32.1. The molecule has 10 heteroatoms. The van der Waals surface area contributed by atoms with E-state index in [9.17, 15) is 14.0 Å². The molecule has 178 valence electrons. The maximum absolute atomic E-state index is 13.9. The number of ether oxygens (including phenoxy) is 1. The van der Waals surface area contributed by atoms with Crippen LogP contribution in [0.3, 0.4) is 0 Å². The molecule has 8 nitrogen and oxygen atoms in total. The molecule has 0 spiro atoms. The van der Waals surface area contributed by atoms with Crippen LogP contribution in [0.5, 0.6) is 5.75 Å². The van der Waals surface area contributed by atoms with Crippen molar-refractivity contribution in [3.8, 4) is 5.75 Å². The summed E-state index contributed by atoms with van der Waals surface area (Å²) in [4.78, 5) is 33.5. The van der Waals surface area contributed by atoms with Crippen molar-refractivity contribution in [2.45, 2.75) is 38.3 Å². The topological polar surface area (TPSA) is 86.8 Å². The standard InChI is InChI=1S/C23H30FN5O3S/c1-32-20-5-4-16(13-19(20)24)14-28-10-6-18(7-11-28)26-23(31)29-9-2-3-17(15-29)21(30)27-22-25-8-12-33-22/h4-5,8,12-13,17-18H,2-3,6-7,9-11,14-15H2,1H3,(H,26,31)(H,25,27,30). The Morgan fingerprint density at radius 1 is 1.24 bits per heavy atom. The zero-order valence-corrected chi connectivity index (χ0v) is 19.6. The van der Waals surface area contributed by atoms with Gasteiger partial charge in [-0.15, -0.1) is 11.3 Å². The highest BCUT2D eigenvalue weighted by Crippen LogP contribution is 2.22. The second-order valence-corrected chi connectivity index (χ2v) is 9.48. The smallest absolute Gasteiger partial charge is 0.317 e. The molecule has 2 aromatic rings. The minimum atomic E-state index is -0.350. The number of hydrogen-bond acceptors (Lipinski definition) is 6. The zero-order chi connectivity index (χ0) is 23.2. The van der Waals surface area contributed by atoms with Gasteiger partial charge < -0.3 is 20.3 Å². The molecule has 0 aliphatic carbocycles. The van der Waals surface area contributed by atoms with Crippen molar-refractivity contribution in [2.24, 2.45) is 5.92 Å². The summed E-state index contributed by atoms with van der Waals surface area (Å²) >= 11 is 1.38. The Balaban J connectivity index is 1.21. The van der Waals surface area contributed by atoms with Crippen LogP contribution < -0.4 is 15.4 Å². The molecule has 2 saturated heterocycles. The summed E-state index contributed by atoms with van der Waals surface area (Å²) in [6, 6.07) is 5.06. The van der Waals surface area contributed by atoms with Crippen molar-refractivity contribution < 1.29 is 18.7 Å². The fourth-order valence-corrected chi connectivity index (χ4v) is 4.97. The van der Waals surface area contributed by atoms with E-state index in [1.54, 1.807) is 17.2 Å². The van der Waals surface area contributed by atoms with Gasteiger partial charge >= 0.3 is 6.03 Å². The summed E-state index contributed by atoms with van der Waals surface area (Å²) in [7, 11) is 1.46. The fraction of sp³-hybridized carbons (Fsp3) is 0.522. The molecule has 0 saturated carbocycles. The number of rotatable bonds is 6. The monoisotopic (exact) mass is 475 g/mol. The summed E-state index contributed by atoms with van der Waals surface area (Å²) in [6.45, 7) is 3.41. The first-order chi connectivity index (χ1) is 16.0. The van der Waals surface area contributed by atoms with Gasteiger partial charge in [-0.3, -0.25) is 9.69 Å². The number of carbonyl (C=O) groups excluding carboxylic acids is 2. The number of nitrogens with one attached hydrogen (secondary N) is 2. The lowest BCUT2D eigenvalue weighted by Crippen LogP contribution is -2.52. The quantitative estimate of drug-likeness (QED) is 0.670. The van der Waals surface area contributed by atoms with Crippen molar-refractivity contribution in [2.75, 3.05) is 38.6 Å². The van der Waals surface area contributed by atoms with Crippen molar-refractivity contribution in [3.63, 3.8) is 0 Å². The highest BCUT2D eigenvalue weighted by molar-refractivity contribution is 7.13. The van der Waals surface area contributed by atoms with Gasteiger partial charge in [-0.25, -0.2) is 14.2 Å². The molecule has 1 unspecified atom stereocenters. The number of thiazole rings is 1. The van der Waals surface area contributed by atoms with Crippen molar-refractivity contribution >= 4 is 28.4 Å². The van der Waals surface area contributed by atoms with E-state index in [-0.39, 0.29) is 35.5 Å². The molecule has 3 amide bonds. The molecule has 2 aliphatic rings. The van der Waals surface area contributed by atoms with Crippen LogP contribution in [0.25, 0.3) is 0 Å². The molecule has 3 heterocycles. The van der Waals surface area contributed by atoms with Gasteiger partial charge in [0.25, 0.3) is 0 Å². The number of methoxy groups -OCH3 is 1. The van der Waals surface area contributed by atoms with Crippen molar-refractivity contribution in [1.82, 2.24) is 20.1 Å². The number of carbonyl (C=O) groups is 2. The second kappa shape index (κ2) is 10.9. The van der Waals surface area contributed by atoms with Gasteiger partial charge in [0.1, 0.15) is 0 Å². The van der Waals surface area contributed by atoms with Gasteiger partial charge in [0.15, 0.2) is 16.7 Å². The van der Waals surface area contributed by atoms with Crippen LogP contribution in [-0.2, 0) is 11.3 Å². The molecular formula is C23H30FN5O3S. The number of nitrogens with zero attached hydrogens (tertiary/aromatic N) is 3. The first-order valence-electron chi connectivity index (χ1n) is 11.3. The minimum Gasteiger partial charge on any atom is -0.494 e. The Morgan fingerprint density at radius 3 is 2.76 bits per heavy atom. The normalized spacial score (nSPS) is 19.8.